The van der Waals surface area contributed by atoms with Crippen molar-refractivity contribution in [3.63, 3.8) is 0 Å². The summed E-state index contributed by atoms with van der Waals surface area (Å²) in [4.78, 5) is 26.0. The second-order valence-electron chi connectivity index (χ2n) is 8.46. The minimum Gasteiger partial charge on any atom is -0.502 e. The number of hydrogen-bond acceptors (Lipinski definition) is 6. The number of esters is 1. The monoisotopic (exact) mass is 491 g/mol. The van der Waals surface area contributed by atoms with Gasteiger partial charge in [0.15, 0.2) is 5.76 Å². The number of carbonyl (C=O) groups excluding carboxylic acids is 2. The zero-order valence-electron chi connectivity index (χ0n) is 19.6. The molecular weight excluding hydrogens is 466 g/mol. The highest BCUT2D eigenvalue weighted by molar-refractivity contribution is 7.95. The molecule has 1 N–H and O–H groups in total. The lowest BCUT2D eigenvalue weighted by Gasteiger charge is -2.27. The first kappa shape index (κ1) is 24.2. The molecule has 0 radical (unpaired) electrons. The molecule has 0 saturated carbocycles. The van der Waals surface area contributed by atoms with E-state index in [0.29, 0.717) is 5.56 Å². The lowest BCUT2D eigenvalue weighted by atomic mass is 10.0. The highest BCUT2D eigenvalue weighted by atomic mass is 32.2. The number of sulfone groups is 1. The van der Waals surface area contributed by atoms with Crippen LogP contribution in [-0.2, 0) is 25.9 Å². The van der Waals surface area contributed by atoms with Gasteiger partial charge in [0.2, 0.25) is 9.84 Å². The molecule has 1 heterocycles. The van der Waals surface area contributed by atoms with E-state index < -0.39 is 33.5 Å². The van der Waals surface area contributed by atoms with Crippen LogP contribution in [0.5, 0.6) is 0 Å². The van der Waals surface area contributed by atoms with Crippen molar-refractivity contribution in [3.05, 3.63) is 111 Å². The fraction of sp³-hybridized carbons (Fsp3) is 0.185. The first-order chi connectivity index (χ1) is 16.6. The number of ether oxygens (including phenoxy) is 1. The number of aliphatic hydroxyl groups excluding tert-OH is 1. The molecule has 0 spiro atoms. The summed E-state index contributed by atoms with van der Waals surface area (Å²) in [5.74, 6) is -2.13. The molecule has 3 aromatic rings. The van der Waals surface area contributed by atoms with E-state index in [0.717, 1.165) is 16.7 Å². The van der Waals surface area contributed by atoms with Gasteiger partial charge in [0.05, 0.1) is 23.6 Å². The van der Waals surface area contributed by atoms with Crippen LogP contribution in [0.1, 0.15) is 38.7 Å². The van der Waals surface area contributed by atoms with Gasteiger partial charge in [-0.15, -0.1) is 0 Å². The molecule has 1 amide bonds. The summed E-state index contributed by atoms with van der Waals surface area (Å²) < 4.78 is 32.1. The van der Waals surface area contributed by atoms with E-state index in [1.54, 1.807) is 24.3 Å². The fourth-order valence-electron chi connectivity index (χ4n) is 4.05. The van der Waals surface area contributed by atoms with Crippen LogP contribution >= 0.6 is 0 Å². The first-order valence-electron chi connectivity index (χ1n) is 10.9. The molecule has 0 fully saturated rings. The Bertz CT molecular complexity index is 1410. The van der Waals surface area contributed by atoms with Crippen molar-refractivity contribution in [2.24, 2.45) is 0 Å². The minimum atomic E-state index is -4.22. The van der Waals surface area contributed by atoms with E-state index in [4.69, 9.17) is 4.74 Å². The summed E-state index contributed by atoms with van der Waals surface area (Å²) in [5.41, 5.74) is 3.41. The molecule has 180 valence electrons. The normalized spacial score (nSPS) is 16.0. The molecule has 8 heteroatoms. The van der Waals surface area contributed by atoms with Crippen molar-refractivity contribution in [2.45, 2.75) is 31.3 Å². The Morgan fingerprint density at radius 2 is 1.46 bits per heavy atom. The van der Waals surface area contributed by atoms with Crippen LogP contribution in [0.15, 0.2) is 88.4 Å². The molecule has 1 aliphatic rings. The molecule has 7 nitrogen and oxygen atoms in total. The molecule has 4 rings (SSSR count). The number of benzene rings is 3. The predicted molar refractivity (Wildman–Crippen MR) is 130 cm³/mol. The Kier molecular flexibility index (Phi) is 6.49. The summed E-state index contributed by atoms with van der Waals surface area (Å²) in [7, 11) is -2.96. The number of amides is 1. The average Bonchev–Trinajstić information content (AvgIpc) is 3.10. The molecule has 3 aromatic carbocycles. The van der Waals surface area contributed by atoms with Crippen molar-refractivity contribution in [1.82, 2.24) is 4.90 Å². The second-order valence-corrected chi connectivity index (χ2v) is 10.4. The topological polar surface area (TPSA) is 101 Å². The number of methoxy groups -OCH3 is 1. The van der Waals surface area contributed by atoms with Crippen LogP contribution in [0.3, 0.4) is 0 Å². The third kappa shape index (κ3) is 4.57. The number of nitrogens with zero attached hydrogens (tertiary/aromatic N) is 1. The van der Waals surface area contributed by atoms with Crippen LogP contribution in [0.4, 0.5) is 0 Å². The van der Waals surface area contributed by atoms with Crippen LogP contribution in [0, 0.1) is 13.8 Å². The van der Waals surface area contributed by atoms with E-state index in [-0.39, 0.29) is 21.9 Å². The molecule has 1 unspecified atom stereocenters. The largest absolute Gasteiger partial charge is 0.502 e. The smallest absolute Gasteiger partial charge is 0.337 e. The molecule has 1 aliphatic heterocycles. The number of rotatable bonds is 6. The van der Waals surface area contributed by atoms with Gasteiger partial charge < -0.3 is 14.7 Å². The third-order valence-electron chi connectivity index (χ3n) is 6.00. The van der Waals surface area contributed by atoms with Gasteiger partial charge in [0.25, 0.3) is 5.91 Å². The minimum absolute atomic E-state index is 0.0224. The molecule has 0 bridgehead atoms. The number of aryl methyl sites for hydroxylation is 2. The van der Waals surface area contributed by atoms with Crippen LogP contribution in [0.2, 0.25) is 0 Å². The van der Waals surface area contributed by atoms with E-state index >= 15 is 0 Å². The zero-order valence-corrected chi connectivity index (χ0v) is 20.4. The Morgan fingerprint density at radius 1 is 0.914 bits per heavy atom. The summed E-state index contributed by atoms with van der Waals surface area (Å²) in [6.45, 7) is 3.86. The van der Waals surface area contributed by atoms with Gasteiger partial charge in [-0.25, -0.2) is 13.2 Å². The molecule has 0 aromatic heterocycles. The second kappa shape index (κ2) is 9.38. The van der Waals surface area contributed by atoms with Gasteiger partial charge in [-0.1, -0.05) is 59.7 Å². The van der Waals surface area contributed by atoms with E-state index in [2.05, 4.69) is 0 Å². The Balaban J connectivity index is 1.84. The zero-order chi connectivity index (χ0) is 25.3. The summed E-state index contributed by atoms with van der Waals surface area (Å²) >= 11 is 0. The average molecular weight is 492 g/mol. The number of hydrogen-bond donors (Lipinski definition) is 1. The Hall–Kier alpha value is -3.91. The van der Waals surface area contributed by atoms with E-state index in [1.807, 2.05) is 38.1 Å². The lowest BCUT2D eigenvalue weighted by molar-refractivity contribution is -0.130. The van der Waals surface area contributed by atoms with Crippen molar-refractivity contribution >= 4 is 21.7 Å². The van der Waals surface area contributed by atoms with Gasteiger partial charge in [-0.05, 0) is 49.2 Å². The first-order valence-corrected chi connectivity index (χ1v) is 12.4. The van der Waals surface area contributed by atoms with Gasteiger partial charge in [0, 0.05) is 6.54 Å². The summed E-state index contributed by atoms with van der Waals surface area (Å²) in [5, 5.41) is 10.8. The van der Waals surface area contributed by atoms with E-state index in [1.165, 1.54) is 36.3 Å². The highest BCUT2D eigenvalue weighted by Gasteiger charge is 2.46. The molecule has 1 atom stereocenters. The van der Waals surface area contributed by atoms with Gasteiger partial charge in [-0.3, -0.25) is 4.79 Å². The quantitative estimate of drug-likeness (QED) is 0.513. The highest BCUT2D eigenvalue weighted by Crippen LogP contribution is 2.43. The van der Waals surface area contributed by atoms with Gasteiger partial charge in [0.1, 0.15) is 4.91 Å². The van der Waals surface area contributed by atoms with Crippen LogP contribution < -0.4 is 0 Å². The fourth-order valence-corrected chi connectivity index (χ4v) is 5.70. The lowest BCUT2D eigenvalue weighted by Crippen LogP contribution is -2.30. The maximum atomic E-state index is 13.7. The Labute approximate surface area is 204 Å². The van der Waals surface area contributed by atoms with Crippen LogP contribution in [0.25, 0.3) is 0 Å². The maximum Gasteiger partial charge on any atom is 0.337 e. The summed E-state index contributed by atoms with van der Waals surface area (Å²) in [6, 6.07) is 18.8. The molecule has 0 aliphatic carbocycles. The molecule has 35 heavy (non-hydrogen) atoms. The van der Waals surface area contributed by atoms with Gasteiger partial charge >= 0.3 is 5.97 Å². The molecule has 0 saturated heterocycles. The Morgan fingerprint density at radius 3 is 2.00 bits per heavy atom. The number of carbonyl (C=O) groups is 2. The van der Waals surface area contributed by atoms with Crippen LogP contribution in [-0.4, -0.2) is 37.4 Å². The predicted octanol–water partition coefficient (Wildman–Crippen LogP) is 4.42. The standard InChI is InChI=1S/C27H25NO6S/c1-17-4-8-19(9-5-17)16-28-23(20-10-12-21(13-11-20)27(31)34-3)25(24(29)26(28)30)35(32,33)22-14-6-18(2)7-15-22/h4-15,23,29H,16H2,1-3H3. The molecular formula is C27H25NO6S. The number of aliphatic hydroxyl groups is 1. The van der Waals surface area contributed by atoms with E-state index in [9.17, 15) is 23.1 Å². The van der Waals surface area contributed by atoms with Crippen molar-refractivity contribution in [2.75, 3.05) is 7.11 Å². The van der Waals surface area contributed by atoms with Gasteiger partial charge in [-0.2, -0.15) is 0 Å². The van der Waals surface area contributed by atoms with Crippen molar-refractivity contribution in [3.8, 4) is 0 Å². The third-order valence-corrected chi connectivity index (χ3v) is 7.89. The summed E-state index contributed by atoms with van der Waals surface area (Å²) in [6.07, 6.45) is 0. The SMILES string of the molecule is COC(=O)c1ccc(C2C(S(=O)(=O)c3ccc(C)cc3)=C(O)C(=O)N2Cc2ccc(C)cc2)cc1. The maximum absolute atomic E-state index is 13.7. The van der Waals surface area contributed by atoms with Crippen molar-refractivity contribution in [1.29, 1.82) is 0 Å². The van der Waals surface area contributed by atoms with Crippen molar-refractivity contribution < 1.29 is 27.9 Å².